The van der Waals surface area contributed by atoms with E-state index in [0.29, 0.717) is 11.7 Å². The Labute approximate surface area is 87.3 Å². The summed E-state index contributed by atoms with van der Waals surface area (Å²) < 4.78 is 0. The van der Waals surface area contributed by atoms with Gasteiger partial charge in [-0.2, -0.15) is 0 Å². The molecule has 0 amide bonds. The Balaban J connectivity index is 2.44. The summed E-state index contributed by atoms with van der Waals surface area (Å²) in [4.78, 5) is 12.1. The first-order valence-corrected chi connectivity index (χ1v) is 5.61. The molecule has 2 aliphatic rings. The number of ketones is 1. The molecule has 0 N–H and O–H groups in total. The minimum Gasteiger partial charge on any atom is -0.298 e. The van der Waals surface area contributed by atoms with Crippen LogP contribution in [0.2, 0.25) is 0 Å². The van der Waals surface area contributed by atoms with E-state index in [9.17, 15) is 4.79 Å². The van der Waals surface area contributed by atoms with Crippen LogP contribution in [0, 0.1) is 27.6 Å². The monoisotopic (exact) mass is 194 g/mol. The van der Waals surface area contributed by atoms with E-state index in [1.54, 1.807) is 0 Å². The van der Waals surface area contributed by atoms with Crippen molar-refractivity contribution in [2.45, 2.75) is 48.5 Å². The molecule has 0 radical (unpaired) electrons. The Morgan fingerprint density at radius 2 is 1.21 bits per heavy atom. The van der Waals surface area contributed by atoms with E-state index in [2.05, 4.69) is 48.5 Å². The molecule has 2 aliphatic carbocycles. The van der Waals surface area contributed by atoms with E-state index < -0.39 is 0 Å². The fraction of sp³-hybridized carbons (Fsp3) is 0.923. The number of fused-ring (bicyclic) bond motifs is 1. The van der Waals surface area contributed by atoms with Gasteiger partial charge in [0.15, 0.2) is 0 Å². The smallest absolute Gasteiger partial charge is 0.148 e. The first kappa shape index (κ1) is 10.2. The molecule has 0 spiro atoms. The Morgan fingerprint density at radius 1 is 0.929 bits per heavy atom. The van der Waals surface area contributed by atoms with Crippen molar-refractivity contribution in [2.24, 2.45) is 27.6 Å². The molecule has 2 unspecified atom stereocenters. The van der Waals surface area contributed by atoms with Gasteiger partial charge in [0.25, 0.3) is 0 Å². The summed E-state index contributed by atoms with van der Waals surface area (Å²) in [6, 6.07) is 0. The van der Waals surface area contributed by atoms with Gasteiger partial charge >= 0.3 is 0 Å². The first-order valence-electron chi connectivity index (χ1n) is 5.61. The third-order valence-electron chi connectivity index (χ3n) is 4.86. The molecule has 1 heteroatoms. The number of carbonyl (C=O) groups is 1. The van der Waals surface area contributed by atoms with E-state index >= 15 is 0 Å². The zero-order valence-corrected chi connectivity index (χ0v) is 10.5. The largest absolute Gasteiger partial charge is 0.298 e. The van der Waals surface area contributed by atoms with Gasteiger partial charge in [0.2, 0.25) is 0 Å². The van der Waals surface area contributed by atoms with Crippen LogP contribution in [-0.4, -0.2) is 5.78 Å². The number of Topliss-reactive ketones (excluding diaryl/α,β-unsaturated/α-hetero) is 1. The summed E-state index contributed by atoms with van der Waals surface area (Å²) >= 11 is 0. The fourth-order valence-electron chi connectivity index (χ4n) is 4.55. The molecule has 2 saturated carbocycles. The maximum absolute atomic E-state index is 12.1. The average molecular weight is 194 g/mol. The lowest BCUT2D eigenvalue weighted by Gasteiger charge is -2.23. The fourth-order valence-corrected chi connectivity index (χ4v) is 4.55. The van der Waals surface area contributed by atoms with Crippen molar-refractivity contribution < 1.29 is 4.79 Å². The van der Waals surface area contributed by atoms with Crippen LogP contribution in [0.25, 0.3) is 0 Å². The van der Waals surface area contributed by atoms with Gasteiger partial charge in [0.1, 0.15) is 5.78 Å². The second-order valence-electron chi connectivity index (χ2n) is 7.17. The van der Waals surface area contributed by atoms with Crippen molar-refractivity contribution >= 4 is 5.78 Å². The van der Waals surface area contributed by atoms with E-state index in [1.807, 2.05) is 0 Å². The molecule has 0 saturated heterocycles. The molecular weight excluding hydrogens is 172 g/mol. The van der Waals surface area contributed by atoms with Crippen molar-refractivity contribution in [2.75, 3.05) is 0 Å². The minimum atomic E-state index is 0.0122. The number of rotatable bonds is 0. The second-order valence-corrected chi connectivity index (χ2v) is 7.17. The van der Waals surface area contributed by atoms with Crippen LogP contribution in [0.5, 0.6) is 0 Å². The highest BCUT2D eigenvalue weighted by atomic mass is 16.2. The zero-order valence-electron chi connectivity index (χ0n) is 10.5. The molecule has 1 nitrogen and oxygen atoms in total. The summed E-state index contributed by atoms with van der Waals surface area (Å²) in [7, 11) is 0. The SMILES string of the molecule is CC1C2(C(C)(C)C)C(=O)C12C(C)(C)C. The number of hydrogen-bond donors (Lipinski definition) is 0. The molecular formula is C13H22O. The van der Waals surface area contributed by atoms with Gasteiger partial charge in [0.05, 0.1) is 10.8 Å². The summed E-state index contributed by atoms with van der Waals surface area (Å²) in [5.41, 5.74) is 0.296. The van der Waals surface area contributed by atoms with Gasteiger partial charge in [-0.1, -0.05) is 48.5 Å². The predicted molar refractivity (Wildman–Crippen MR) is 57.9 cm³/mol. The highest BCUT2D eigenvalue weighted by molar-refractivity contribution is 6.18. The van der Waals surface area contributed by atoms with Gasteiger partial charge in [0, 0.05) is 0 Å². The quantitative estimate of drug-likeness (QED) is 0.578. The Bertz CT molecular complexity index is 285. The third kappa shape index (κ3) is 0.610. The van der Waals surface area contributed by atoms with E-state index in [4.69, 9.17) is 0 Å². The molecule has 0 aliphatic heterocycles. The van der Waals surface area contributed by atoms with Gasteiger partial charge in [-0.25, -0.2) is 0 Å². The van der Waals surface area contributed by atoms with Gasteiger partial charge < -0.3 is 0 Å². The normalized spacial score (nSPS) is 46.2. The highest BCUT2D eigenvalue weighted by Crippen LogP contribution is 2.96. The molecule has 0 bridgehead atoms. The first-order chi connectivity index (χ1) is 6.06. The van der Waals surface area contributed by atoms with Crippen molar-refractivity contribution in [3.63, 3.8) is 0 Å². The molecule has 0 aromatic heterocycles. The van der Waals surface area contributed by atoms with Crippen molar-refractivity contribution in [3.8, 4) is 0 Å². The third-order valence-corrected chi connectivity index (χ3v) is 4.86. The van der Waals surface area contributed by atoms with E-state index in [1.165, 1.54) is 0 Å². The number of hydrogen-bond acceptors (Lipinski definition) is 1. The van der Waals surface area contributed by atoms with Crippen LogP contribution in [0.15, 0.2) is 0 Å². The highest BCUT2D eigenvalue weighted by Gasteiger charge is 3.02. The molecule has 14 heavy (non-hydrogen) atoms. The lowest BCUT2D eigenvalue weighted by molar-refractivity contribution is -0.122. The van der Waals surface area contributed by atoms with Crippen LogP contribution >= 0.6 is 0 Å². The number of carbonyl (C=O) groups excluding carboxylic acids is 1. The molecule has 0 aromatic carbocycles. The van der Waals surface area contributed by atoms with Crippen LogP contribution in [0.3, 0.4) is 0 Å². The van der Waals surface area contributed by atoms with Crippen LogP contribution in [-0.2, 0) is 4.79 Å². The Kier molecular flexibility index (Phi) is 1.43. The van der Waals surface area contributed by atoms with E-state index in [0.717, 1.165) is 0 Å². The maximum Gasteiger partial charge on any atom is 0.148 e. The average Bonchev–Trinajstić information content (AvgIpc) is 2.69. The Hall–Kier alpha value is -0.330. The lowest BCUT2D eigenvalue weighted by atomic mass is 9.79. The van der Waals surface area contributed by atoms with Gasteiger partial charge in [-0.15, -0.1) is 0 Å². The standard InChI is InChI=1S/C13H22O/c1-8-12(10(2,3)4)9(14)13(8,12)11(5,6)7/h8H,1-7H3. The molecule has 2 fully saturated rings. The van der Waals surface area contributed by atoms with Crippen molar-refractivity contribution in [3.05, 3.63) is 0 Å². The topological polar surface area (TPSA) is 17.1 Å². The summed E-state index contributed by atoms with van der Waals surface area (Å²) in [6.45, 7) is 15.5. The molecule has 0 heterocycles. The van der Waals surface area contributed by atoms with Crippen LogP contribution in [0.1, 0.15) is 48.5 Å². The molecule has 2 atom stereocenters. The lowest BCUT2D eigenvalue weighted by Crippen LogP contribution is -2.25. The second kappa shape index (κ2) is 1.96. The Morgan fingerprint density at radius 3 is 1.29 bits per heavy atom. The van der Waals surface area contributed by atoms with Crippen LogP contribution < -0.4 is 0 Å². The van der Waals surface area contributed by atoms with Crippen LogP contribution in [0.4, 0.5) is 0 Å². The van der Waals surface area contributed by atoms with Crippen molar-refractivity contribution in [1.82, 2.24) is 0 Å². The van der Waals surface area contributed by atoms with Gasteiger partial charge in [-0.3, -0.25) is 4.79 Å². The predicted octanol–water partition coefficient (Wildman–Crippen LogP) is 3.28. The molecule has 80 valence electrons. The molecule has 0 aromatic rings. The zero-order chi connectivity index (χ0) is 11.2. The van der Waals surface area contributed by atoms with Crippen molar-refractivity contribution in [1.29, 1.82) is 0 Å². The summed E-state index contributed by atoms with van der Waals surface area (Å²) in [5.74, 6) is 1.11. The summed E-state index contributed by atoms with van der Waals surface area (Å²) in [6.07, 6.45) is 0. The molecule has 2 rings (SSSR count). The van der Waals surface area contributed by atoms with Gasteiger partial charge in [-0.05, 0) is 16.7 Å². The maximum atomic E-state index is 12.1. The summed E-state index contributed by atoms with van der Waals surface area (Å²) in [5, 5.41) is 0. The minimum absolute atomic E-state index is 0.0122. The van der Waals surface area contributed by atoms with E-state index in [-0.39, 0.29) is 21.7 Å².